The number of morpholine rings is 1. The Balaban J connectivity index is 1.82. The van der Waals surface area contributed by atoms with Crippen LogP contribution in [-0.4, -0.2) is 54.3 Å². The summed E-state index contributed by atoms with van der Waals surface area (Å²) in [6, 6.07) is 5.90. The average molecular weight is 502 g/mol. The van der Waals surface area contributed by atoms with Gasteiger partial charge in [0.2, 0.25) is 3.79 Å². The quantitative estimate of drug-likeness (QED) is 0.510. The van der Waals surface area contributed by atoms with Crippen molar-refractivity contribution in [3.63, 3.8) is 0 Å². The van der Waals surface area contributed by atoms with Gasteiger partial charge in [0.05, 0.1) is 18.7 Å². The summed E-state index contributed by atoms with van der Waals surface area (Å²) in [6.45, 7) is 5.11. The zero-order valence-electron chi connectivity index (χ0n) is 12.7. The lowest BCUT2D eigenvalue weighted by Crippen LogP contribution is -2.39. The summed E-state index contributed by atoms with van der Waals surface area (Å²) in [7, 11) is 0. The molecule has 0 radical (unpaired) electrons. The normalized spacial score (nSPS) is 16.5. The third kappa shape index (κ3) is 4.74. The molecule has 1 aromatic carbocycles. The summed E-state index contributed by atoms with van der Waals surface area (Å²) in [5.74, 6) is 0.864. The van der Waals surface area contributed by atoms with Crippen molar-refractivity contribution in [2.75, 3.05) is 44.7 Å². The second kappa shape index (κ2) is 8.05. The van der Waals surface area contributed by atoms with E-state index in [2.05, 4.69) is 42.8 Å². The molecule has 1 saturated heterocycles. The molecule has 3 rings (SSSR count). The second-order valence-electron chi connectivity index (χ2n) is 5.44. The number of benzene rings is 1. The molecule has 9 heteroatoms. The summed E-state index contributed by atoms with van der Waals surface area (Å²) < 4.78 is 4.80. The van der Waals surface area contributed by atoms with E-state index in [9.17, 15) is 0 Å². The molecule has 130 valence electrons. The van der Waals surface area contributed by atoms with Gasteiger partial charge in [-0.05, 0) is 40.8 Å². The van der Waals surface area contributed by atoms with Crippen molar-refractivity contribution in [3.05, 3.63) is 27.6 Å². The van der Waals surface area contributed by atoms with Crippen molar-refractivity contribution >= 4 is 74.1 Å². The molecule has 0 amide bonds. The lowest BCUT2D eigenvalue weighted by Gasteiger charge is -2.26. The van der Waals surface area contributed by atoms with Crippen molar-refractivity contribution in [3.8, 4) is 0 Å². The van der Waals surface area contributed by atoms with Gasteiger partial charge in [-0.15, -0.1) is 0 Å². The first-order chi connectivity index (χ1) is 11.4. The third-order valence-electron chi connectivity index (χ3n) is 3.74. The van der Waals surface area contributed by atoms with Gasteiger partial charge in [-0.25, -0.2) is 9.97 Å². The van der Waals surface area contributed by atoms with E-state index in [0.717, 1.165) is 53.9 Å². The monoisotopic (exact) mass is 500 g/mol. The Kier molecular flexibility index (Phi) is 6.26. The molecule has 2 heterocycles. The summed E-state index contributed by atoms with van der Waals surface area (Å²) >= 11 is 20.2. The van der Waals surface area contributed by atoms with E-state index in [4.69, 9.17) is 39.5 Å². The fourth-order valence-corrected chi connectivity index (χ4v) is 3.26. The van der Waals surface area contributed by atoms with E-state index in [0.29, 0.717) is 5.82 Å². The smallest absolute Gasteiger partial charge is 0.250 e. The minimum atomic E-state index is -1.65. The number of hydrogen-bond donors (Lipinski definition) is 1. The zero-order valence-corrected chi connectivity index (χ0v) is 17.2. The molecule has 0 spiro atoms. The molecule has 0 aliphatic carbocycles. The minimum Gasteiger partial charge on any atom is -0.379 e. The fraction of sp³-hybridized carbons (Fsp3) is 0.467. The Morgan fingerprint density at radius 3 is 2.67 bits per heavy atom. The predicted octanol–water partition coefficient (Wildman–Crippen LogP) is 3.81. The Morgan fingerprint density at radius 2 is 1.96 bits per heavy atom. The molecule has 0 atom stereocenters. The van der Waals surface area contributed by atoms with Crippen LogP contribution in [0.15, 0.2) is 18.2 Å². The van der Waals surface area contributed by atoms with Crippen molar-refractivity contribution < 1.29 is 4.74 Å². The lowest BCUT2D eigenvalue weighted by atomic mass is 10.2. The van der Waals surface area contributed by atoms with Crippen LogP contribution in [0.25, 0.3) is 10.9 Å². The summed E-state index contributed by atoms with van der Waals surface area (Å²) in [5.41, 5.74) is 0.751. The van der Waals surface area contributed by atoms with E-state index in [-0.39, 0.29) is 5.82 Å². The molecule has 24 heavy (non-hydrogen) atoms. The van der Waals surface area contributed by atoms with Crippen molar-refractivity contribution in [1.82, 2.24) is 14.9 Å². The lowest BCUT2D eigenvalue weighted by molar-refractivity contribution is 0.0398. The average Bonchev–Trinajstić information content (AvgIpc) is 2.55. The van der Waals surface area contributed by atoms with Gasteiger partial charge >= 0.3 is 0 Å². The van der Waals surface area contributed by atoms with Crippen LogP contribution >= 0.6 is 57.4 Å². The molecule has 0 saturated carbocycles. The number of alkyl halides is 3. The SMILES string of the molecule is ClC(Cl)(Cl)c1nc(NCCN2CCOCC2)c2cc(I)ccc2n1. The maximum Gasteiger partial charge on any atom is 0.250 e. The van der Waals surface area contributed by atoms with Crippen molar-refractivity contribution in [2.45, 2.75) is 3.79 Å². The predicted molar refractivity (Wildman–Crippen MR) is 107 cm³/mol. The van der Waals surface area contributed by atoms with Gasteiger partial charge in [0.15, 0.2) is 5.82 Å². The molecule has 5 nitrogen and oxygen atoms in total. The van der Waals surface area contributed by atoms with Gasteiger partial charge in [0, 0.05) is 35.1 Å². The molecule has 1 aliphatic rings. The summed E-state index contributed by atoms with van der Waals surface area (Å²) in [6.07, 6.45) is 0. The van der Waals surface area contributed by atoms with Gasteiger partial charge in [-0.1, -0.05) is 34.8 Å². The fourth-order valence-electron chi connectivity index (χ4n) is 2.52. The van der Waals surface area contributed by atoms with E-state index in [1.807, 2.05) is 18.2 Å². The minimum absolute atomic E-state index is 0.176. The van der Waals surface area contributed by atoms with E-state index in [1.54, 1.807) is 0 Å². The number of aromatic nitrogens is 2. The van der Waals surface area contributed by atoms with E-state index >= 15 is 0 Å². The zero-order chi connectivity index (χ0) is 17.2. The third-order valence-corrected chi connectivity index (χ3v) is 4.91. The van der Waals surface area contributed by atoms with Gasteiger partial charge in [-0.3, -0.25) is 4.90 Å². The Labute approximate surface area is 169 Å². The molecule has 2 aromatic rings. The van der Waals surface area contributed by atoms with Crippen LogP contribution < -0.4 is 5.32 Å². The largest absolute Gasteiger partial charge is 0.379 e. The van der Waals surface area contributed by atoms with Crippen molar-refractivity contribution in [1.29, 1.82) is 0 Å². The number of anilines is 1. The van der Waals surface area contributed by atoms with Crippen LogP contribution in [0.3, 0.4) is 0 Å². The van der Waals surface area contributed by atoms with Crippen LogP contribution in [0.2, 0.25) is 0 Å². The topological polar surface area (TPSA) is 50.3 Å². The highest BCUT2D eigenvalue weighted by Crippen LogP contribution is 2.37. The highest BCUT2D eigenvalue weighted by molar-refractivity contribution is 14.1. The maximum atomic E-state index is 5.97. The molecule has 1 aromatic heterocycles. The Bertz CT molecular complexity index is 720. The van der Waals surface area contributed by atoms with Crippen LogP contribution in [-0.2, 0) is 8.53 Å². The number of ether oxygens (including phenoxy) is 1. The molecular formula is C15H16Cl3IN4O. The number of hydrogen-bond acceptors (Lipinski definition) is 5. The summed E-state index contributed by atoms with van der Waals surface area (Å²) in [4.78, 5) is 11.1. The molecule has 0 bridgehead atoms. The number of nitrogens with zero attached hydrogens (tertiary/aromatic N) is 3. The first kappa shape index (κ1) is 18.7. The molecule has 1 N–H and O–H groups in total. The molecular weight excluding hydrogens is 485 g/mol. The number of rotatable bonds is 4. The van der Waals surface area contributed by atoms with Gasteiger partial charge in [0.1, 0.15) is 5.82 Å². The maximum absolute atomic E-state index is 5.97. The van der Waals surface area contributed by atoms with Gasteiger partial charge in [0.25, 0.3) is 0 Å². The van der Waals surface area contributed by atoms with Crippen molar-refractivity contribution in [2.24, 2.45) is 0 Å². The number of nitrogens with one attached hydrogen (secondary N) is 1. The second-order valence-corrected chi connectivity index (χ2v) is 8.96. The standard InChI is InChI=1S/C15H16Cl3IN4O/c16-15(17,18)14-21-12-2-1-10(19)9-11(12)13(22-14)20-3-4-23-5-7-24-8-6-23/h1-2,9H,3-8H2,(H,20,21,22). The van der Waals surface area contributed by atoms with Crippen LogP contribution in [0, 0.1) is 3.57 Å². The Morgan fingerprint density at radius 1 is 1.21 bits per heavy atom. The van der Waals surface area contributed by atoms with Crippen LogP contribution in [0.5, 0.6) is 0 Å². The molecule has 1 aliphatic heterocycles. The number of halogens is 4. The van der Waals surface area contributed by atoms with Gasteiger partial charge in [-0.2, -0.15) is 0 Å². The van der Waals surface area contributed by atoms with Crippen LogP contribution in [0.1, 0.15) is 5.82 Å². The highest BCUT2D eigenvalue weighted by atomic mass is 127. The highest BCUT2D eigenvalue weighted by Gasteiger charge is 2.28. The van der Waals surface area contributed by atoms with Gasteiger partial charge < -0.3 is 10.1 Å². The van der Waals surface area contributed by atoms with E-state index < -0.39 is 3.79 Å². The first-order valence-corrected chi connectivity index (χ1v) is 9.73. The van der Waals surface area contributed by atoms with Crippen LogP contribution in [0.4, 0.5) is 5.82 Å². The molecule has 1 fully saturated rings. The Hall–Kier alpha value is -0.120. The number of fused-ring (bicyclic) bond motifs is 1. The first-order valence-electron chi connectivity index (χ1n) is 7.52. The molecule has 0 unspecified atom stereocenters. The van der Waals surface area contributed by atoms with E-state index in [1.165, 1.54) is 0 Å². The summed E-state index contributed by atoms with van der Waals surface area (Å²) in [5, 5.41) is 4.28.